The number of hydrogen-bond acceptors (Lipinski definition) is 1. The maximum Gasteiger partial charge on any atom is 0.0878 e. The lowest BCUT2D eigenvalue weighted by molar-refractivity contribution is 1.32. The highest BCUT2D eigenvalue weighted by Crippen LogP contribution is 2.31. The van der Waals surface area contributed by atoms with Crippen molar-refractivity contribution in [2.45, 2.75) is 0 Å². The number of rotatable bonds is 2. The Balaban J connectivity index is 2.04. The Morgan fingerprint density at radius 1 is 0.762 bits per heavy atom. The lowest BCUT2D eigenvalue weighted by Crippen LogP contribution is -1.89. The maximum absolute atomic E-state index is 4.77. The van der Waals surface area contributed by atoms with Crippen LogP contribution < -0.4 is 0 Å². The van der Waals surface area contributed by atoms with E-state index in [4.69, 9.17) is 4.98 Å². The molecule has 0 spiro atoms. The van der Waals surface area contributed by atoms with Gasteiger partial charge in [-0.25, -0.2) is 4.98 Å². The predicted molar refractivity (Wildman–Crippen MR) is 87.0 cm³/mol. The van der Waals surface area contributed by atoms with Crippen LogP contribution in [0, 0.1) is 0 Å². The first-order valence-corrected chi connectivity index (χ1v) is 7.01. The number of para-hydroxylation sites is 1. The second-order valence-corrected chi connectivity index (χ2v) is 5.02. The van der Waals surface area contributed by atoms with Gasteiger partial charge in [-0.1, -0.05) is 48.5 Å². The normalized spacial score (nSPS) is 10.9. The minimum atomic E-state index is 0.970. The first kappa shape index (κ1) is 11.9. The number of nitrogens with one attached hydrogen (secondary N) is 1. The summed E-state index contributed by atoms with van der Waals surface area (Å²) in [5.41, 5.74) is 5.45. The minimum absolute atomic E-state index is 0.970. The van der Waals surface area contributed by atoms with Crippen molar-refractivity contribution in [1.82, 2.24) is 9.97 Å². The lowest BCUT2D eigenvalue weighted by Gasteiger charge is -2.09. The molecule has 21 heavy (non-hydrogen) atoms. The Morgan fingerprint density at radius 3 is 2.38 bits per heavy atom. The summed E-state index contributed by atoms with van der Waals surface area (Å²) in [5.74, 6) is 0. The van der Waals surface area contributed by atoms with Crippen LogP contribution in [0.15, 0.2) is 79.0 Å². The van der Waals surface area contributed by atoms with Crippen molar-refractivity contribution in [3.8, 4) is 22.5 Å². The van der Waals surface area contributed by atoms with Gasteiger partial charge in [0.2, 0.25) is 0 Å². The Kier molecular flexibility index (Phi) is 2.79. The zero-order valence-corrected chi connectivity index (χ0v) is 11.5. The highest BCUT2D eigenvalue weighted by Gasteiger charge is 2.09. The largest absolute Gasteiger partial charge is 0.360 e. The second kappa shape index (κ2) is 4.91. The van der Waals surface area contributed by atoms with Gasteiger partial charge in [-0.2, -0.15) is 0 Å². The monoisotopic (exact) mass is 270 g/mol. The van der Waals surface area contributed by atoms with Gasteiger partial charge in [0, 0.05) is 11.6 Å². The van der Waals surface area contributed by atoms with E-state index in [9.17, 15) is 0 Å². The Hall–Kier alpha value is -2.87. The average Bonchev–Trinajstić information content (AvgIpc) is 3.09. The van der Waals surface area contributed by atoms with Crippen LogP contribution in [0.1, 0.15) is 0 Å². The quantitative estimate of drug-likeness (QED) is 0.551. The van der Waals surface area contributed by atoms with Crippen molar-refractivity contribution in [2.75, 3.05) is 0 Å². The van der Waals surface area contributed by atoms with Crippen molar-refractivity contribution in [1.29, 1.82) is 0 Å². The van der Waals surface area contributed by atoms with E-state index in [0.29, 0.717) is 0 Å². The molecule has 0 saturated heterocycles. The smallest absolute Gasteiger partial charge is 0.0878 e. The van der Waals surface area contributed by atoms with Gasteiger partial charge in [-0.3, -0.25) is 0 Å². The van der Waals surface area contributed by atoms with Gasteiger partial charge in [-0.15, -0.1) is 0 Å². The van der Waals surface area contributed by atoms with E-state index in [1.54, 1.807) is 0 Å². The summed E-state index contributed by atoms with van der Waals surface area (Å²) in [7, 11) is 0. The predicted octanol–water partition coefficient (Wildman–Crippen LogP) is 4.90. The number of nitrogens with zero attached hydrogens (tertiary/aromatic N) is 1. The summed E-state index contributed by atoms with van der Waals surface area (Å²) in [5, 5.41) is 1.18. The molecule has 0 amide bonds. The zero-order valence-electron chi connectivity index (χ0n) is 11.5. The number of pyridine rings is 1. The molecular formula is C19H14N2. The van der Waals surface area contributed by atoms with Gasteiger partial charge in [0.25, 0.3) is 0 Å². The number of H-pyrrole nitrogens is 1. The molecule has 2 nitrogen and oxygen atoms in total. The zero-order chi connectivity index (χ0) is 14.1. The first-order chi connectivity index (χ1) is 10.4. The van der Waals surface area contributed by atoms with E-state index in [1.807, 2.05) is 30.5 Å². The Bertz CT molecular complexity index is 878. The molecular weight excluding hydrogens is 256 g/mol. The second-order valence-electron chi connectivity index (χ2n) is 5.02. The van der Waals surface area contributed by atoms with Gasteiger partial charge in [-0.05, 0) is 35.4 Å². The molecule has 0 radical (unpaired) electrons. The molecule has 4 aromatic rings. The third-order valence-corrected chi connectivity index (χ3v) is 3.67. The summed E-state index contributed by atoms with van der Waals surface area (Å²) in [6.45, 7) is 0. The third-order valence-electron chi connectivity index (χ3n) is 3.67. The van der Waals surface area contributed by atoms with Crippen molar-refractivity contribution in [3.63, 3.8) is 0 Å². The van der Waals surface area contributed by atoms with Crippen LogP contribution in [0.2, 0.25) is 0 Å². The SMILES string of the molecule is c1ccc(-c2cc(-c3ccc[nH]3)nc3ccccc23)cc1. The highest BCUT2D eigenvalue weighted by atomic mass is 14.8. The summed E-state index contributed by atoms with van der Waals surface area (Å²) in [6, 6.07) is 24.9. The average molecular weight is 270 g/mol. The van der Waals surface area contributed by atoms with E-state index < -0.39 is 0 Å². The Morgan fingerprint density at radius 2 is 1.57 bits per heavy atom. The lowest BCUT2D eigenvalue weighted by atomic mass is 9.99. The number of hydrogen-bond donors (Lipinski definition) is 1. The highest BCUT2D eigenvalue weighted by molar-refractivity contribution is 5.96. The summed E-state index contributed by atoms with van der Waals surface area (Å²) < 4.78 is 0. The molecule has 0 bridgehead atoms. The number of aromatic nitrogens is 2. The topological polar surface area (TPSA) is 28.7 Å². The van der Waals surface area contributed by atoms with Crippen molar-refractivity contribution < 1.29 is 0 Å². The molecule has 0 atom stereocenters. The molecule has 4 rings (SSSR count). The molecule has 2 heteroatoms. The van der Waals surface area contributed by atoms with Gasteiger partial charge in [0.05, 0.1) is 16.9 Å². The van der Waals surface area contributed by atoms with Crippen LogP contribution >= 0.6 is 0 Å². The number of aromatic amines is 1. The van der Waals surface area contributed by atoms with E-state index in [0.717, 1.165) is 16.9 Å². The fraction of sp³-hybridized carbons (Fsp3) is 0. The van der Waals surface area contributed by atoms with Crippen LogP contribution in [0.5, 0.6) is 0 Å². The van der Waals surface area contributed by atoms with E-state index in [1.165, 1.54) is 16.5 Å². The van der Waals surface area contributed by atoms with E-state index in [-0.39, 0.29) is 0 Å². The van der Waals surface area contributed by atoms with Crippen molar-refractivity contribution in [3.05, 3.63) is 79.0 Å². The molecule has 0 unspecified atom stereocenters. The molecule has 0 aliphatic heterocycles. The molecule has 0 saturated carbocycles. The van der Waals surface area contributed by atoms with E-state index >= 15 is 0 Å². The van der Waals surface area contributed by atoms with Crippen molar-refractivity contribution in [2.24, 2.45) is 0 Å². The standard InChI is InChI=1S/C19H14N2/c1-2-7-14(8-3-1)16-13-19(18-11-6-12-20-18)21-17-10-5-4-9-15(16)17/h1-13,20H. The fourth-order valence-corrected chi connectivity index (χ4v) is 2.66. The van der Waals surface area contributed by atoms with Crippen LogP contribution in [0.25, 0.3) is 33.4 Å². The minimum Gasteiger partial charge on any atom is -0.360 e. The number of benzene rings is 2. The first-order valence-electron chi connectivity index (χ1n) is 7.01. The van der Waals surface area contributed by atoms with Gasteiger partial charge >= 0.3 is 0 Å². The molecule has 0 aliphatic rings. The van der Waals surface area contributed by atoms with Crippen LogP contribution in [-0.2, 0) is 0 Å². The van der Waals surface area contributed by atoms with Crippen LogP contribution in [0.4, 0.5) is 0 Å². The summed E-state index contributed by atoms with van der Waals surface area (Å²) >= 11 is 0. The van der Waals surface area contributed by atoms with Gasteiger partial charge < -0.3 is 4.98 Å². The van der Waals surface area contributed by atoms with Crippen LogP contribution in [-0.4, -0.2) is 9.97 Å². The van der Waals surface area contributed by atoms with Gasteiger partial charge in [0.1, 0.15) is 0 Å². The van der Waals surface area contributed by atoms with Crippen molar-refractivity contribution >= 4 is 10.9 Å². The summed E-state index contributed by atoms with van der Waals surface area (Å²) in [4.78, 5) is 8.01. The molecule has 2 aromatic carbocycles. The Labute approximate surface area is 123 Å². The molecule has 0 fully saturated rings. The van der Waals surface area contributed by atoms with E-state index in [2.05, 4.69) is 53.5 Å². The fourth-order valence-electron chi connectivity index (χ4n) is 2.66. The molecule has 2 aromatic heterocycles. The maximum atomic E-state index is 4.77. The molecule has 2 heterocycles. The third kappa shape index (κ3) is 2.11. The molecule has 0 aliphatic carbocycles. The molecule has 1 N–H and O–H groups in total. The summed E-state index contributed by atoms with van der Waals surface area (Å²) in [6.07, 6.45) is 1.92. The van der Waals surface area contributed by atoms with Crippen LogP contribution in [0.3, 0.4) is 0 Å². The number of fused-ring (bicyclic) bond motifs is 1. The van der Waals surface area contributed by atoms with Gasteiger partial charge in [0.15, 0.2) is 0 Å². The molecule has 100 valence electrons.